The first-order chi connectivity index (χ1) is 8.00. The number of rotatable bonds is 5. The highest BCUT2D eigenvalue weighted by Crippen LogP contribution is 2.13. The van der Waals surface area contributed by atoms with Crippen LogP contribution in [0.3, 0.4) is 0 Å². The molecule has 3 unspecified atom stereocenters. The molecule has 1 fully saturated rings. The van der Waals surface area contributed by atoms with Crippen LogP contribution in [-0.4, -0.2) is 51.5 Å². The van der Waals surface area contributed by atoms with Gasteiger partial charge in [-0.3, -0.25) is 9.00 Å². The van der Waals surface area contributed by atoms with E-state index in [9.17, 15) is 13.8 Å². The van der Waals surface area contributed by atoms with Gasteiger partial charge in [0.2, 0.25) is 5.91 Å². The van der Waals surface area contributed by atoms with Gasteiger partial charge < -0.3 is 15.2 Å². The van der Waals surface area contributed by atoms with Gasteiger partial charge in [0.15, 0.2) is 0 Å². The number of amides is 1. The number of carbonyl (C=O) groups excluding carboxylic acids is 1. The second-order valence-corrected chi connectivity index (χ2v) is 5.74. The highest BCUT2D eigenvalue weighted by molar-refractivity contribution is 7.85. The Morgan fingerprint density at radius 2 is 2.29 bits per heavy atom. The third-order valence-electron chi connectivity index (χ3n) is 2.50. The second-order valence-electron chi connectivity index (χ2n) is 3.98. The topological polar surface area (TPSA) is 92.7 Å². The molecule has 98 valence electrons. The lowest BCUT2D eigenvalue weighted by molar-refractivity contribution is -0.140. The van der Waals surface area contributed by atoms with Gasteiger partial charge in [-0.15, -0.1) is 0 Å². The minimum absolute atomic E-state index is 0.0665. The lowest BCUT2D eigenvalue weighted by Crippen LogP contribution is -2.45. The van der Waals surface area contributed by atoms with Gasteiger partial charge in [0, 0.05) is 24.3 Å². The predicted molar refractivity (Wildman–Crippen MR) is 62.1 cm³/mol. The zero-order chi connectivity index (χ0) is 12.8. The van der Waals surface area contributed by atoms with E-state index in [1.807, 2.05) is 0 Å². The molecule has 0 aliphatic carbocycles. The Hall–Kier alpha value is -0.950. The molecule has 17 heavy (non-hydrogen) atoms. The number of nitrogens with one attached hydrogen (secondary N) is 1. The monoisotopic (exact) mass is 263 g/mol. The number of carboxylic acids is 1. The van der Waals surface area contributed by atoms with Crippen LogP contribution in [0.1, 0.15) is 19.8 Å². The van der Waals surface area contributed by atoms with Crippen LogP contribution < -0.4 is 5.32 Å². The van der Waals surface area contributed by atoms with Crippen molar-refractivity contribution in [1.29, 1.82) is 0 Å². The van der Waals surface area contributed by atoms with Crippen molar-refractivity contribution in [2.75, 3.05) is 19.0 Å². The third-order valence-corrected chi connectivity index (χ3v) is 4.27. The standard InChI is InChI=1S/C10H17NO5S/c1-7(12)11-9(10(13)14)6-17(15)8-3-2-4-16-5-8/h8-9H,2-6H2,1H3,(H,11,12)(H,13,14). The largest absolute Gasteiger partial charge is 0.480 e. The first-order valence-electron chi connectivity index (χ1n) is 5.45. The zero-order valence-corrected chi connectivity index (χ0v) is 10.5. The summed E-state index contributed by atoms with van der Waals surface area (Å²) in [5.41, 5.74) is 0. The SMILES string of the molecule is CC(=O)NC(CS(=O)C1CCCOC1)C(=O)O. The Morgan fingerprint density at radius 1 is 1.59 bits per heavy atom. The van der Waals surface area contributed by atoms with Crippen molar-refractivity contribution in [3.8, 4) is 0 Å². The van der Waals surface area contributed by atoms with E-state index in [0.717, 1.165) is 12.8 Å². The maximum Gasteiger partial charge on any atom is 0.327 e. The fourth-order valence-electron chi connectivity index (χ4n) is 1.64. The van der Waals surface area contributed by atoms with Crippen LogP contribution in [0.4, 0.5) is 0 Å². The lowest BCUT2D eigenvalue weighted by Gasteiger charge is -2.23. The van der Waals surface area contributed by atoms with E-state index in [1.165, 1.54) is 6.92 Å². The van der Waals surface area contributed by atoms with E-state index in [-0.39, 0.29) is 11.0 Å². The number of hydrogen-bond acceptors (Lipinski definition) is 4. The van der Waals surface area contributed by atoms with Gasteiger partial charge in [0.1, 0.15) is 6.04 Å². The summed E-state index contributed by atoms with van der Waals surface area (Å²) in [5, 5.41) is 11.0. The molecule has 1 rings (SSSR count). The van der Waals surface area contributed by atoms with Gasteiger partial charge in [0.25, 0.3) is 0 Å². The number of hydrogen-bond donors (Lipinski definition) is 2. The van der Waals surface area contributed by atoms with Crippen LogP contribution >= 0.6 is 0 Å². The second kappa shape index (κ2) is 6.70. The smallest absolute Gasteiger partial charge is 0.327 e. The van der Waals surface area contributed by atoms with Crippen molar-refractivity contribution in [3.63, 3.8) is 0 Å². The Morgan fingerprint density at radius 3 is 2.76 bits per heavy atom. The summed E-state index contributed by atoms with van der Waals surface area (Å²) in [6.45, 7) is 2.31. The maximum atomic E-state index is 11.9. The number of carbonyl (C=O) groups is 2. The summed E-state index contributed by atoms with van der Waals surface area (Å²) in [5.74, 6) is -1.66. The van der Waals surface area contributed by atoms with Crippen LogP contribution in [0.25, 0.3) is 0 Å². The van der Waals surface area contributed by atoms with Crippen molar-refractivity contribution in [1.82, 2.24) is 5.32 Å². The van der Waals surface area contributed by atoms with Crippen molar-refractivity contribution < 1.29 is 23.6 Å². The van der Waals surface area contributed by atoms with Gasteiger partial charge in [-0.25, -0.2) is 4.79 Å². The molecule has 1 heterocycles. The normalized spacial score (nSPS) is 23.7. The van der Waals surface area contributed by atoms with E-state index >= 15 is 0 Å². The summed E-state index contributed by atoms with van der Waals surface area (Å²) in [4.78, 5) is 21.7. The molecule has 1 aliphatic rings. The molecule has 3 atom stereocenters. The van der Waals surface area contributed by atoms with Crippen LogP contribution in [0.15, 0.2) is 0 Å². The molecular weight excluding hydrogens is 246 g/mol. The van der Waals surface area contributed by atoms with Crippen LogP contribution in [-0.2, 0) is 25.1 Å². The zero-order valence-electron chi connectivity index (χ0n) is 9.68. The Labute approximate surface area is 102 Å². The fraction of sp³-hybridized carbons (Fsp3) is 0.800. The maximum absolute atomic E-state index is 11.9. The predicted octanol–water partition coefficient (Wildman–Crippen LogP) is -0.497. The Bertz CT molecular complexity index is 314. The molecular formula is C10H17NO5S. The molecule has 0 radical (unpaired) electrons. The quantitative estimate of drug-likeness (QED) is 0.698. The molecule has 0 aromatic rings. The number of carboxylic acid groups (broad SMARTS) is 1. The molecule has 1 saturated heterocycles. The summed E-state index contributed by atoms with van der Waals surface area (Å²) < 4.78 is 17.1. The average molecular weight is 263 g/mol. The molecule has 0 bridgehead atoms. The first-order valence-corrected chi connectivity index (χ1v) is 6.83. The van der Waals surface area contributed by atoms with Crippen LogP contribution in [0.5, 0.6) is 0 Å². The van der Waals surface area contributed by atoms with Crippen molar-refractivity contribution in [3.05, 3.63) is 0 Å². The molecule has 0 saturated carbocycles. The van der Waals surface area contributed by atoms with Crippen LogP contribution in [0.2, 0.25) is 0 Å². The fourth-order valence-corrected chi connectivity index (χ4v) is 3.14. The van der Waals surface area contributed by atoms with Gasteiger partial charge in [-0.1, -0.05) is 0 Å². The summed E-state index contributed by atoms with van der Waals surface area (Å²) in [7, 11) is -1.29. The molecule has 1 amide bonds. The van der Waals surface area contributed by atoms with Crippen molar-refractivity contribution >= 4 is 22.7 Å². The molecule has 1 aliphatic heterocycles. The van der Waals surface area contributed by atoms with Crippen molar-refractivity contribution in [2.45, 2.75) is 31.1 Å². The highest BCUT2D eigenvalue weighted by atomic mass is 32.2. The Kier molecular flexibility index (Phi) is 5.57. The minimum atomic E-state index is -1.29. The van der Waals surface area contributed by atoms with E-state index in [1.54, 1.807) is 0 Å². The number of aliphatic carboxylic acids is 1. The molecule has 0 spiro atoms. The van der Waals surface area contributed by atoms with Gasteiger partial charge >= 0.3 is 5.97 Å². The molecule has 0 aromatic carbocycles. The molecule has 6 nitrogen and oxygen atoms in total. The summed E-state index contributed by atoms with van der Waals surface area (Å²) >= 11 is 0. The average Bonchev–Trinajstić information content (AvgIpc) is 2.28. The van der Waals surface area contributed by atoms with Crippen LogP contribution in [0, 0.1) is 0 Å². The summed E-state index contributed by atoms with van der Waals surface area (Å²) in [6.07, 6.45) is 1.62. The van der Waals surface area contributed by atoms with Gasteiger partial charge in [-0.05, 0) is 12.8 Å². The highest BCUT2D eigenvalue weighted by Gasteiger charge is 2.27. The minimum Gasteiger partial charge on any atom is -0.480 e. The molecule has 2 N–H and O–H groups in total. The van der Waals surface area contributed by atoms with E-state index in [4.69, 9.17) is 9.84 Å². The Balaban J connectivity index is 2.50. The molecule has 7 heteroatoms. The third kappa shape index (κ3) is 4.82. The van der Waals surface area contributed by atoms with Crippen molar-refractivity contribution in [2.24, 2.45) is 0 Å². The number of ether oxygens (including phenoxy) is 1. The van der Waals surface area contributed by atoms with E-state index in [2.05, 4.69) is 5.32 Å². The molecule has 0 aromatic heterocycles. The summed E-state index contributed by atoms with van der Waals surface area (Å²) in [6, 6.07) is -1.09. The first kappa shape index (κ1) is 14.1. The van der Waals surface area contributed by atoms with Gasteiger partial charge in [-0.2, -0.15) is 0 Å². The lowest BCUT2D eigenvalue weighted by atomic mass is 10.2. The van der Waals surface area contributed by atoms with Gasteiger partial charge in [0.05, 0.1) is 17.6 Å². The van der Waals surface area contributed by atoms with E-state index in [0.29, 0.717) is 13.2 Å². The van der Waals surface area contributed by atoms with E-state index < -0.39 is 28.7 Å².